The van der Waals surface area contributed by atoms with E-state index >= 15 is 0 Å². The summed E-state index contributed by atoms with van der Waals surface area (Å²) in [6.45, 7) is 0.894. The average Bonchev–Trinajstić information content (AvgIpc) is 2.40. The second-order valence-corrected chi connectivity index (χ2v) is 4.77. The van der Waals surface area contributed by atoms with Crippen molar-refractivity contribution in [3.8, 4) is 5.75 Å². The minimum atomic E-state index is -0.123. The Hall–Kier alpha value is -1.26. The molecule has 1 atom stereocenters. The first-order chi connectivity index (χ1) is 8.70. The largest absolute Gasteiger partial charge is 0.495 e. The third-order valence-corrected chi connectivity index (χ3v) is 3.28. The number of ether oxygens (including phenoxy) is 1. The second-order valence-electron chi connectivity index (χ2n) is 4.34. The Bertz CT molecular complexity index is 431. The topological polar surface area (TPSA) is 50.4 Å². The first kappa shape index (κ1) is 13.2. The van der Waals surface area contributed by atoms with Crippen molar-refractivity contribution in [1.29, 1.82) is 0 Å². The summed E-state index contributed by atoms with van der Waals surface area (Å²) in [7, 11) is 1.57. The lowest BCUT2D eigenvalue weighted by Crippen LogP contribution is -2.43. The van der Waals surface area contributed by atoms with Crippen molar-refractivity contribution in [2.75, 3.05) is 19.0 Å². The summed E-state index contributed by atoms with van der Waals surface area (Å²) in [5.41, 5.74) is 0.613. The van der Waals surface area contributed by atoms with E-state index in [1.165, 1.54) is 0 Å². The van der Waals surface area contributed by atoms with Gasteiger partial charge in [-0.2, -0.15) is 0 Å². The van der Waals surface area contributed by atoms with Crippen molar-refractivity contribution in [2.45, 2.75) is 25.3 Å². The van der Waals surface area contributed by atoms with Gasteiger partial charge in [-0.25, -0.2) is 0 Å². The van der Waals surface area contributed by atoms with E-state index in [0.29, 0.717) is 16.5 Å². The Morgan fingerprint density at radius 1 is 1.50 bits per heavy atom. The van der Waals surface area contributed by atoms with E-state index in [1.54, 1.807) is 25.3 Å². The summed E-state index contributed by atoms with van der Waals surface area (Å²) in [6.07, 6.45) is 3.08. The number of piperidine rings is 1. The molecule has 0 unspecified atom stereocenters. The number of nitrogens with one attached hydrogen (secondary N) is 2. The zero-order valence-electron chi connectivity index (χ0n) is 10.3. The molecule has 1 aromatic rings. The first-order valence-corrected chi connectivity index (χ1v) is 6.46. The lowest BCUT2D eigenvalue weighted by Gasteiger charge is -2.23. The number of hydrogen-bond acceptors (Lipinski definition) is 3. The predicted molar refractivity (Wildman–Crippen MR) is 72.3 cm³/mol. The van der Waals surface area contributed by atoms with E-state index < -0.39 is 0 Å². The second kappa shape index (κ2) is 6.07. The maximum atomic E-state index is 12.1. The summed E-state index contributed by atoms with van der Waals surface area (Å²) in [5, 5.41) is 6.64. The Morgan fingerprint density at radius 3 is 3.00 bits per heavy atom. The first-order valence-electron chi connectivity index (χ1n) is 6.08. The molecule has 1 aromatic carbocycles. The van der Waals surface area contributed by atoms with E-state index in [9.17, 15) is 4.79 Å². The Balaban J connectivity index is 2.07. The van der Waals surface area contributed by atoms with E-state index in [-0.39, 0.29) is 11.9 Å². The molecular formula is C13H17ClN2O2. The maximum Gasteiger partial charge on any atom is 0.241 e. The van der Waals surface area contributed by atoms with Gasteiger partial charge >= 0.3 is 0 Å². The molecule has 2 N–H and O–H groups in total. The fourth-order valence-corrected chi connectivity index (χ4v) is 2.25. The van der Waals surface area contributed by atoms with Gasteiger partial charge < -0.3 is 15.4 Å². The van der Waals surface area contributed by atoms with Crippen LogP contribution >= 0.6 is 11.6 Å². The van der Waals surface area contributed by atoms with E-state index in [1.807, 2.05) is 0 Å². The van der Waals surface area contributed by atoms with Crippen LogP contribution in [-0.2, 0) is 4.79 Å². The monoisotopic (exact) mass is 268 g/mol. The molecular weight excluding hydrogens is 252 g/mol. The number of carbonyl (C=O) groups excluding carboxylic acids is 1. The Labute approximate surface area is 112 Å². The van der Waals surface area contributed by atoms with Crippen molar-refractivity contribution < 1.29 is 9.53 Å². The van der Waals surface area contributed by atoms with Crippen LogP contribution in [0.5, 0.6) is 5.75 Å². The van der Waals surface area contributed by atoms with E-state index in [4.69, 9.17) is 16.3 Å². The molecule has 0 bridgehead atoms. The van der Waals surface area contributed by atoms with Crippen molar-refractivity contribution in [3.63, 3.8) is 0 Å². The third-order valence-electron chi connectivity index (χ3n) is 3.05. The molecule has 4 nitrogen and oxygen atoms in total. The van der Waals surface area contributed by atoms with Crippen LogP contribution < -0.4 is 15.4 Å². The molecule has 18 heavy (non-hydrogen) atoms. The molecule has 1 heterocycles. The highest BCUT2D eigenvalue weighted by molar-refractivity contribution is 6.31. The van der Waals surface area contributed by atoms with Crippen LogP contribution in [0.4, 0.5) is 5.69 Å². The number of halogens is 1. The lowest BCUT2D eigenvalue weighted by atomic mass is 10.0. The van der Waals surface area contributed by atoms with Crippen LogP contribution in [0.1, 0.15) is 19.3 Å². The van der Waals surface area contributed by atoms with E-state index in [2.05, 4.69) is 10.6 Å². The highest BCUT2D eigenvalue weighted by atomic mass is 35.5. The molecule has 1 aliphatic heterocycles. The van der Waals surface area contributed by atoms with Crippen LogP contribution in [0.3, 0.4) is 0 Å². The highest BCUT2D eigenvalue weighted by Gasteiger charge is 2.21. The molecule has 0 radical (unpaired) electrons. The van der Waals surface area contributed by atoms with Crippen molar-refractivity contribution in [1.82, 2.24) is 5.32 Å². The van der Waals surface area contributed by atoms with Gasteiger partial charge in [0.15, 0.2) is 0 Å². The molecule has 1 amide bonds. The number of hydrogen-bond donors (Lipinski definition) is 2. The predicted octanol–water partition coefficient (Wildman–Crippen LogP) is 2.43. The Morgan fingerprint density at radius 2 is 2.33 bits per heavy atom. The van der Waals surface area contributed by atoms with Crippen LogP contribution in [0, 0.1) is 0 Å². The number of benzene rings is 1. The molecule has 5 heteroatoms. The van der Waals surface area contributed by atoms with Crippen molar-refractivity contribution in [3.05, 3.63) is 23.2 Å². The van der Waals surface area contributed by atoms with Crippen molar-refractivity contribution in [2.24, 2.45) is 0 Å². The number of rotatable bonds is 3. The van der Waals surface area contributed by atoms with Crippen LogP contribution in [0.25, 0.3) is 0 Å². The number of methoxy groups -OCH3 is 1. The van der Waals surface area contributed by atoms with Gasteiger partial charge in [-0.15, -0.1) is 0 Å². The normalized spacial score (nSPS) is 19.3. The smallest absolute Gasteiger partial charge is 0.241 e. The molecule has 0 saturated carbocycles. The molecule has 1 saturated heterocycles. The number of carbonyl (C=O) groups is 1. The molecule has 1 fully saturated rings. The lowest BCUT2D eigenvalue weighted by molar-refractivity contribution is -0.118. The van der Waals surface area contributed by atoms with Crippen LogP contribution in [-0.4, -0.2) is 25.6 Å². The summed E-state index contributed by atoms with van der Waals surface area (Å²) < 4.78 is 5.19. The van der Waals surface area contributed by atoms with Gasteiger partial charge in [-0.3, -0.25) is 4.79 Å². The Kier molecular flexibility index (Phi) is 4.44. The average molecular weight is 269 g/mol. The fraction of sp³-hybridized carbons (Fsp3) is 0.462. The minimum absolute atomic E-state index is 0.0322. The minimum Gasteiger partial charge on any atom is -0.495 e. The van der Waals surface area contributed by atoms with Gasteiger partial charge in [0, 0.05) is 5.02 Å². The third kappa shape index (κ3) is 3.15. The van der Waals surface area contributed by atoms with Gasteiger partial charge in [0.05, 0.1) is 18.8 Å². The zero-order chi connectivity index (χ0) is 13.0. The van der Waals surface area contributed by atoms with Crippen molar-refractivity contribution >= 4 is 23.2 Å². The van der Waals surface area contributed by atoms with E-state index in [0.717, 1.165) is 25.8 Å². The molecule has 0 spiro atoms. The van der Waals surface area contributed by atoms with Crippen LogP contribution in [0.15, 0.2) is 18.2 Å². The maximum absolute atomic E-state index is 12.1. The fourth-order valence-electron chi connectivity index (χ4n) is 2.07. The summed E-state index contributed by atoms with van der Waals surface area (Å²) in [6, 6.07) is 5.05. The molecule has 1 aliphatic rings. The number of amides is 1. The zero-order valence-corrected chi connectivity index (χ0v) is 11.1. The molecule has 0 aliphatic carbocycles. The number of anilines is 1. The quantitative estimate of drug-likeness (QED) is 0.885. The van der Waals surface area contributed by atoms with Gasteiger partial charge in [-0.1, -0.05) is 18.0 Å². The SMILES string of the molecule is COc1ccc(Cl)cc1NC(=O)[C@H]1CCCCN1. The van der Waals surface area contributed by atoms with Gasteiger partial charge in [-0.05, 0) is 37.6 Å². The molecule has 2 rings (SSSR count). The molecule has 98 valence electrons. The summed E-state index contributed by atoms with van der Waals surface area (Å²) in [4.78, 5) is 12.1. The van der Waals surface area contributed by atoms with Gasteiger partial charge in [0.2, 0.25) is 5.91 Å². The van der Waals surface area contributed by atoms with Gasteiger partial charge in [0.25, 0.3) is 0 Å². The molecule has 0 aromatic heterocycles. The van der Waals surface area contributed by atoms with Crippen LogP contribution in [0.2, 0.25) is 5.02 Å². The van der Waals surface area contributed by atoms with Gasteiger partial charge in [0.1, 0.15) is 5.75 Å². The standard InChI is InChI=1S/C13H17ClN2O2/c1-18-12-6-5-9(14)8-11(12)16-13(17)10-4-2-3-7-15-10/h5-6,8,10,15H,2-4,7H2,1H3,(H,16,17)/t10-/m1/s1. The summed E-state index contributed by atoms with van der Waals surface area (Å²) in [5.74, 6) is 0.582. The highest BCUT2D eigenvalue weighted by Crippen LogP contribution is 2.28. The summed E-state index contributed by atoms with van der Waals surface area (Å²) >= 11 is 5.92.